The molecule has 0 aromatic heterocycles. The summed E-state index contributed by atoms with van der Waals surface area (Å²) in [5, 5.41) is 3.25. The van der Waals surface area contributed by atoms with Crippen LogP contribution in [-0.2, 0) is 4.79 Å². The third-order valence-electron chi connectivity index (χ3n) is 3.84. The van der Waals surface area contributed by atoms with Crippen molar-refractivity contribution >= 4 is 5.91 Å². The molecule has 0 aromatic rings. The molecule has 1 fully saturated rings. The van der Waals surface area contributed by atoms with Gasteiger partial charge in [0.1, 0.15) is 0 Å². The first kappa shape index (κ1) is 14.5. The van der Waals surface area contributed by atoms with Gasteiger partial charge in [-0.1, -0.05) is 39.5 Å². The molecule has 1 atom stereocenters. The average Bonchev–Trinajstić information content (AvgIpc) is 2.62. The molecule has 0 aromatic carbocycles. The lowest BCUT2D eigenvalue weighted by Crippen LogP contribution is -2.42. The maximum atomic E-state index is 12.2. The molecular weight excluding hydrogens is 212 g/mol. The summed E-state index contributed by atoms with van der Waals surface area (Å²) in [6, 6.07) is 0.481. The molecule has 0 heterocycles. The highest BCUT2D eigenvalue weighted by molar-refractivity contribution is 5.78. The van der Waals surface area contributed by atoms with E-state index in [0.29, 0.717) is 11.9 Å². The quantitative estimate of drug-likeness (QED) is 0.749. The number of carbonyl (C=O) groups excluding carboxylic acids is 1. The third kappa shape index (κ3) is 4.66. The summed E-state index contributed by atoms with van der Waals surface area (Å²) in [5.41, 5.74) is 0. The average molecular weight is 240 g/mol. The third-order valence-corrected chi connectivity index (χ3v) is 3.84. The lowest BCUT2D eigenvalue weighted by molar-refractivity contribution is -0.135. The minimum absolute atomic E-state index is 0.100. The van der Waals surface area contributed by atoms with Crippen molar-refractivity contribution in [1.82, 2.24) is 10.2 Å². The molecule has 0 saturated heterocycles. The summed E-state index contributed by atoms with van der Waals surface area (Å²) in [6.07, 6.45) is 7.62. The Balaban J connectivity index is 2.43. The van der Waals surface area contributed by atoms with Crippen LogP contribution in [0, 0.1) is 5.92 Å². The summed E-state index contributed by atoms with van der Waals surface area (Å²) < 4.78 is 0. The van der Waals surface area contributed by atoms with Crippen molar-refractivity contribution in [2.45, 2.75) is 58.4 Å². The Labute approximate surface area is 106 Å². The van der Waals surface area contributed by atoms with Gasteiger partial charge in [-0.05, 0) is 19.4 Å². The Bertz CT molecular complexity index is 222. The van der Waals surface area contributed by atoms with Crippen molar-refractivity contribution in [3.05, 3.63) is 0 Å². The van der Waals surface area contributed by atoms with Crippen LogP contribution in [0.5, 0.6) is 0 Å². The van der Waals surface area contributed by atoms with Crippen LogP contribution in [0.15, 0.2) is 0 Å². The van der Waals surface area contributed by atoms with E-state index in [-0.39, 0.29) is 5.92 Å². The standard InChI is InChI=1S/C14H28N2O/c1-4-15-11-12(2)14(17)16(3)13-9-7-5-6-8-10-13/h12-13,15H,4-11H2,1-3H3. The van der Waals surface area contributed by atoms with Gasteiger partial charge in [-0.15, -0.1) is 0 Å². The fourth-order valence-corrected chi connectivity index (χ4v) is 2.62. The highest BCUT2D eigenvalue weighted by Gasteiger charge is 2.24. The molecule has 1 unspecified atom stereocenters. The van der Waals surface area contributed by atoms with Crippen LogP contribution >= 0.6 is 0 Å². The van der Waals surface area contributed by atoms with Crippen LogP contribution in [-0.4, -0.2) is 37.0 Å². The zero-order valence-electron chi connectivity index (χ0n) is 11.7. The van der Waals surface area contributed by atoms with E-state index in [1.165, 1.54) is 38.5 Å². The molecule has 100 valence electrons. The molecule has 1 saturated carbocycles. The maximum Gasteiger partial charge on any atom is 0.226 e. The lowest BCUT2D eigenvalue weighted by Gasteiger charge is -2.29. The normalized spacial score (nSPS) is 19.7. The molecule has 1 aliphatic rings. The molecule has 3 heteroatoms. The Kier molecular flexibility index (Phi) is 6.56. The van der Waals surface area contributed by atoms with Gasteiger partial charge >= 0.3 is 0 Å². The highest BCUT2D eigenvalue weighted by atomic mass is 16.2. The number of nitrogens with zero attached hydrogens (tertiary/aromatic N) is 1. The van der Waals surface area contributed by atoms with Crippen molar-refractivity contribution in [1.29, 1.82) is 0 Å². The van der Waals surface area contributed by atoms with E-state index in [1.807, 2.05) is 18.9 Å². The second kappa shape index (κ2) is 7.70. The van der Waals surface area contributed by atoms with Gasteiger partial charge in [0.2, 0.25) is 5.91 Å². The predicted octanol–water partition coefficient (Wildman–Crippen LogP) is 2.41. The van der Waals surface area contributed by atoms with Gasteiger partial charge in [0.25, 0.3) is 0 Å². The molecule has 1 rings (SSSR count). The van der Waals surface area contributed by atoms with Gasteiger partial charge in [0, 0.05) is 25.6 Å². The van der Waals surface area contributed by atoms with E-state index in [1.54, 1.807) is 0 Å². The fourth-order valence-electron chi connectivity index (χ4n) is 2.62. The summed E-state index contributed by atoms with van der Waals surface area (Å²) in [7, 11) is 1.99. The summed E-state index contributed by atoms with van der Waals surface area (Å²) in [6.45, 7) is 5.83. The lowest BCUT2D eigenvalue weighted by atomic mass is 10.0. The molecule has 0 aliphatic heterocycles. The first-order valence-corrected chi connectivity index (χ1v) is 7.14. The number of rotatable bonds is 5. The molecule has 1 N–H and O–H groups in total. The van der Waals surface area contributed by atoms with Gasteiger partial charge in [-0.3, -0.25) is 4.79 Å². The van der Waals surface area contributed by atoms with E-state index < -0.39 is 0 Å². The fraction of sp³-hybridized carbons (Fsp3) is 0.929. The van der Waals surface area contributed by atoms with Crippen LogP contribution in [0.4, 0.5) is 0 Å². The Hall–Kier alpha value is -0.570. The monoisotopic (exact) mass is 240 g/mol. The summed E-state index contributed by atoms with van der Waals surface area (Å²) in [5.74, 6) is 0.404. The Morgan fingerprint density at radius 2 is 1.88 bits per heavy atom. The van der Waals surface area contributed by atoms with Crippen LogP contribution in [0.1, 0.15) is 52.4 Å². The topological polar surface area (TPSA) is 32.3 Å². The number of hydrogen-bond acceptors (Lipinski definition) is 2. The van der Waals surface area contributed by atoms with Crippen molar-refractivity contribution in [2.24, 2.45) is 5.92 Å². The van der Waals surface area contributed by atoms with Crippen LogP contribution in [0.25, 0.3) is 0 Å². The van der Waals surface area contributed by atoms with Crippen molar-refractivity contribution in [2.75, 3.05) is 20.1 Å². The molecule has 1 aliphatic carbocycles. The molecule has 0 bridgehead atoms. The molecule has 17 heavy (non-hydrogen) atoms. The van der Waals surface area contributed by atoms with Crippen molar-refractivity contribution < 1.29 is 4.79 Å². The highest BCUT2D eigenvalue weighted by Crippen LogP contribution is 2.22. The van der Waals surface area contributed by atoms with E-state index in [2.05, 4.69) is 12.2 Å². The molecular formula is C14H28N2O. The van der Waals surface area contributed by atoms with E-state index in [4.69, 9.17) is 0 Å². The van der Waals surface area contributed by atoms with E-state index >= 15 is 0 Å². The largest absolute Gasteiger partial charge is 0.343 e. The van der Waals surface area contributed by atoms with Crippen molar-refractivity contribution in [3.8, 4) is 0 Å². The molecule has 3 nitrogen and oxygen atoms in total. The van der Waals surface area contributed by atoms with Crippen LogP contribution in [0.2, 0.25) is 0 Å². The minimum Gasteiger partial charge on any atom is -0.343 e. The van der Waals surface area contributed by atoms with Gasteiger partial charge in [0.15, 0.2) is 0 Å². The maximum absolute atomic E-state index is 12.2. The first-order chi connectivity index (χ1) is 8.16. The smallest absolute Gasteiger partial charge is 0.226 e. The molecule has 1 amide bonds. The SMILES string of the molecule is CCNCC(C)C(=O)N(C)C1CCCCCC1. The van der Waals surface area contributed by atoms with Gasteiger partial charge in [-0.2, -0.15) is 0 Å². The number of nitrogens with one attached hydrogen (secondary N) is 1. The number of hydrogen-bond donors (Lipinski definition) is 1. The molecule has 0 spiro atoms. The number of carbonyl (C=O) groups is 1. The Morgan fingerprint density at radius 1 is 1.29 bits per heavy atom. The van der Waals surface area contributed by atoms with Crippen LogP contribution < -0.4 is 5.32 Å². The first-order valence-electron chi connectivity index (χ1n) is 7.14. The molecule has 0 radical (unpaired) electrons. The summed E-state index contributed by atoms with van der Waals surface area (Å²) in [4.78, 5) is 14.3. The Morgan fingerprint density at radius 3 is 2.41 bits per heavy atom. The second-order valence-corrected chi connectivity index (χ2v) is 5.30. The van der Waals surface area contributed by atoms with E-state index in [9.17, 15) is 4.79 Å². The second-order valence-electron chi connectivity index (χ2n) is 5.30. The summed E-state index contributed by atoms with van der Waals surface area (Å²) >= 11 is 0. The van der Waals surface area contributed by atoms with Crippen LogP contribution in [0.3, 0.4) is 0 Å². The number of amides is 1. The zero-order chi connectivity index (χ0) is 12.7. The van der Waals surface area contributed by atoms with Crippen molar-refractivity contribution in [3.63, 3.8) is 0 Å². The van der Waals surface area contributed by atoms with E-state index in [0.717, 1.165) is 13.1 Å². The van der Waals surface area contributed by atoms with Gasteiger partial charge in [-0.25, -0.2) is 0 Å². The van der Waals surface area contributed by atoms with Gasteiger partial charge in [0.05, 0.1) is 0 Å². The van der Waals surface area contributed by atoms with Gasteiger partial charge < -0.3 is 10.2 Å². The predicted molar refractivity (Wildman–Crippen MR) is 72.0 cm³/mol. The zero-order valence-corrected chi connectivity index (χ0v) is 11.7. The minimum atomic E-state index is 0.100.